The predicted octanol–water partition coefficient (Wildman–Crippen LogP) is 3.72. The number of rotatable bonds is 15. The van der Waals surface area contributed by atoms with Gasteiger partial charge in [0.1, 0.15) is 13.2 Å². The van der Waals surface area contributed by atoms with Crippen LogP contribution in [0.5, 0.6) is 0 Å². The summed E-state index contributed by atoms with van der Waals surface area (Å²) in [5, 5.41) is 12.1. The highest BCUT2D eigenvalue weighted by molar-refractivity contribution is 5.70. The molecule has 2 N–H and O–H groups in total. The molecule has 0 fully saturated rings. The molecule has 0 bridgehead atoms. The van der Waals surface area contributed by atoms with Gasteiger partial charge in [0.05, 0.1) is 19.4 Å². The van der Waals surface area contributed by atoms with Crippen LogP contribution in [0.15, 0.2) is 23.3 Å². The van der Waals surface area contributed by atoms with Crippen LogP contribution >= 0.6 is 0 Å². The number of aliphatic hydroxyl groups is 1. The molecule has 0 amide bonds. The van der Waals surface area contributed by atoms with Crippen molar-refractivity contribution in [2.45, 2.75) is 68.2 Å². The zero-order valence-electron chi connectivity index (χ0n) is 22.3. The lowest BCUT2D eigenvalue weighted by Crippen LogP contribution is -2.36. The van der Waals surface area contributed by atoms with Crippen LogP contribution in [0, 0.1) is 10.8 Å². The second-order valence-corrected chi connectivity index (χ2v) is 10.9. The zero-order chi connectivity index (χ0) is 25.5. The molecule has 0 saturated carbocycles. The maximum atomic E-state index is 12.2. The largest absolute Gasteiger partial charge is 0.461 e. The van der Waals surface area contributed by atoms with Gasteiger partial charge in [-0.15, -0.1) is 0 Å². The first kappa shape index (κ1) is 31.3. The number of aliphatic hydroxyl groups excluding tert-OH is 1. The minimum Gasteiger partial charge on any atom is -0.461 e. The molecule has 0 aliphatic heterocycles. The molecule has 0 saturated heterocycles. The molecule has 0 aromatic rings. The minimum atomic E-state index is -0.254. The molecular formula is C26H48N2O5. The minimum absolute atomic E-state index is 0.0462. The van der Waals surface area contributed by atoms with Crippen molar-refractivity contribution in [2.24, 2.45) is 10.8 Å². The van der Waals surface area contributed by atoms with E-state index in [4.69, 9.17) is 14.6 Å². The lowest BCUT2D eigenvalue weighted by atomic mass is 9.94. The smallest absolute Gasteiger partial charge is 0.307 e. The standard InChI is InChI=1S/C26H48N2O5/c1-21(17-25(3,4)5)19-32-23(30)9-13-28(15-11-27-12-16-29)14-10-24(31)33-20-22(2)18-26(6,7)8/h17-18,27,29H,9-16,19-20H2,1-8H3/b21-17+,22-18+. The molecule has 0 aliphatic rings. The number of carbonyl (C=O) groups excluding carboxylic acids is 2. The maximum Gasteiger partial charge on any atom is 0.307 e. The van der Waals surface area contributed by atoms with E-state index >= 15 is 0 Å². The summed E-state index contributed by atoms with van der Waals surface area (Å²) in [5.74, 6) is -0.508. The van der Waals surface area contributed by atoms with Gasteiger partial charge in [-0.25, -0.2) is 0 Å². The summed E-state index contributed by atoms with van der Waals surface area (Å²) in [6, 6.07) is 0. The van der Waals surface area contributed by atoms with E-state index in [0.717, 1.165) is 11.1 Å². The van der Waals surface area contributed by atoms with E-state index in [1.165, 1.54) is 0 Å². The molecule has 33 heavy (non-hydrogen) atoms. The summed E-state index contributed by atoms with van der Waals surface area (Å²) in [7, 11) is 0. The van der Waals surface area contributed by atoms with Crippen LogP contribution in [0.3, 0.4) is 0 Å². The monoisotopic (exact) mass is 468 g/mol. The Kier molecular flexibility index (Phi) is 15.2. The molecule has 0 aromatic heterocycles. The van der Waals surface area contributed by atoms with Crippen molar-refractivity contribution >= 4 is 11.9 Å². The molecule has 0 aromatic carbocycles. The third-order valence-corrected chi connectivity index (χ3v) is 4.44. The molecule has 0 rings (SSSR count). The second kappa shape index (κ2) is 16.0. The molecule has 0 aliphatic carbocycles. The van der Waals surface area contributed by atoms with Gasteiger partial charge in [0.2, 0.25) is 0 Å². The first-order chi connectivity index (χ1) is 15.2. The van der Waals surface area contributed by atoms with E-state index in [-0.39, 0.29) is 42.2 Å². The highest BCUT2D eigenvalue weighted by Gasteiger charge is 2.14. The van der Waals surface area contributed by atoms with E-state index in [9.17, 15) is 9.59 Å². The third kappa shape index (κ3) is 20.6. The summed E-state index contributed by atoms with van der Waals surface area (Å²) in [6.07, 6.45) is 4.71. The Morgan fingerprint density at radius 3 is 1.58 bits per heavy atom. The van der Waals surface area contributed by atoms with E-state index in [1.54, 1.807) is 0 Å². The lowest BCUT2D eigenvalue weighted by Gasteiger charge is -2.22. The number of carbonyl (C=O) groups is 2. The van der Waals surface area contributed by atoms with Gasteiger partial charge in [-0.2, -0.15) is 0 Å². The van der Waals surface area contributed by atoms with Crippen molar-refractivity contribution in [1.29, 1.82) is 0 Å². The second-order valence-electron chi connectivity index (χ2n) is 10.9. The highest BCUT2D eigenvalue weighted by Crippen LogP contribution is 2.18. The molecule has 0 unspecified atom stereocenters. The molecule has 0 heterocycles. The Morgan fingerprint density at radius 2 is 1.21 bits per heavy atom. The molecule has 0 spiro atoms. The van der Waals surface area contributed by atoms with Gasteiger partial charge >= 0.3 is 11.9 Å². The maximum absolute atomic E-state index is 12.2. The quantitative estimate of drug-likeness (QED) is 0.215. The van der Waals surface area contributed by atoms with Crippen molar-refractivity contribution in [3.8, 4) is 0 Å². The van der Waals surface area contributed by atoms with Crippen LogP contribution in [-0.2, 0) is 19.1 Å². The molecule has 7 heteroatoms. The summed E-state index contributed by atoms with van der Waals surface area (Å²) < 4.78 is 10.8. The van der Waals surface area contributed by atoms with E-state index in [0.29, 0.717) is 45.9 Å². The lowest BCUT2D eigenvalue weighted by molar-refractivity contribution is -0.143. The van der Waals surface area contributed by atoms with Crippen molar-refractivity contribution in [3.63, 3.8) is 0 Å². The van der Waals surface area contributed by atoms with Gasteiger partial charge < -0.3 is 24.8 Å². The SMILES string of the molecule is C/C(=C\C(C)(C)C)COC(=O)CCN(CCNCCO)CCC(=O)OC/C(C)=C/C(C)(C)C. The molecule has 0 radical (unpaired) electrons. The number of esters is 2. The number of allylic oxidation sites excluding steroid dienone is 2. The van der Waals surface area contributed by atoms with Crippen molar-refractivity contribution in [1.82, 2.24) is 10.2 Å². The fourth-order valence-corrected chi connectivity index (χ4v) is 3.37. The van der Waals surface area contributed by atoms with Gasteiger partial charge in [-0.3, -0.25) is 9.59 Å². The number of nitrogens with zero attached hydrogens (tertiary/aromatic N) is 1. The fraction of sp³-hybridized carbons (Fsp3) is 0.769. The van der Waals surface area contributed by atoms with Crippen LogP contribution in [0.2, 0.25) is 0 Å². The zero-order valence-corrected chi connectivity index (χ0v) is 22.3. The summed E-state index contributed by atoms with van der Waals surface area (Å²) >= 11 is 0. The average Bonchev–Trinajstić information content (AvgIpc) is 2.66. The topological polar surface area (TPSA) is 88.1 Å². The number of ether oxygens (including phenoxy) is 2. The van der Waals surface area contributed by atoms with Gasteiger partial charge in [0.25, 0.3) is 0 Å². The van der Waals surface area contributed by atoms with Crippen molar-refractivity contribution < 1.29 is 24.2 Å². The number of hydrogen-bond acceptors (Lipinski definition) is 7. The van der Waals surface area contributed by atoms with E-state index < -0.39 is 0 Å². The highest BCUT2D eigenvalue weighted by atomic mass is 16.5. The van der Waals surface area contributed by atoms with Gasteiger partial charge in [0.15, 0.2) is 0 Å². The van der Waals surface area contributed by atoms with Gasteiger partial charge in [-0.1, -0.05) is 53.7 Å². The molecule has 192 valence electrons. The third-order valence-electron chi connectivity index (χ3n) is 4.44. The Morgan fingerprint density at radius 1 is 0.788 bits per heavy atom. The van der Waals surface area contributed by atoms with Crippen LogP contribution in [0.4, 0.5) is 0 Å². The Hall–Kier alpha value is -1.70. The first-order valence-corrected chi connectivity index (χ1v) is 11.9. The van der Waals surface area contributed by atoms with Crippen LogP contribution in [0.25, 0.3) is 0 Å². The number of nitrogens with one attached hydrogen (secondary N) is 1. The van der Waals surface area contributed by atoms with E-state index in [2.05, 4.69) is 59.0 Å². The van der Waals surface area contributed by atoms with Crippen LogP contribution < -0.4 is 5.32 Å². The normalized spacial score (nSPS) is 13.4. The molecular weight excluding hydrogens is 420 g/mol. The Bertz CT molecular complexity index is 592. The Balaban J connectivity index is 4.58. The van der Waals surface area contributed by atoms with Gasteiger partial charge in [0, 0.05) is 32.7 Å². The first-order valence-electron chi connectivity index (χ1n) is 11.9. The van der Waals surface area contributed by atoms with Gasteiger partial charge in [-0.05, 0) is 35.8 Å². The Labute approximate surface area is 201 Å². The number of hydrogen-bond donors (Lipinski definition) is 2. The van der Waals surface area contributed by atoms with Crippen LogP contribution in [-0.4, -0.2) is 74.5 Å². The molecule has 7 nitrogen and oxygen atoms in total. The van der Waals surface area contributed by atoms with Crippen LogP contribution in [0.1, 0.15) is 68.2 Å². The summed E-state index contributed by atoms with van der Waals surface area (Å²) in [5.41, 5.74) is 2.15. The van der Waals surface area contributed by atoms with E-state index in [1.807, 2.05) is 18.7 Å². The summed E-state index contributed by atoms with van der Waals surface area (Å²) in [4.78, 5) is 26.4. The summed E-state index contributed by atoms with van der Waals surface area (Å²) in [6.45, 7) is 20.0. The van der Waals surface area contributed by atoms with Crippen molar-refractivity contribution in [2.75, 3.05) is 52.5 Å². The predicted molar refractivity (Wildman–Crippen MR) is 134 cm³/mol. The van der Waals surface area contributed by atoms with Crippen molar-refractivity contribution in [3.05, 3.63) is 23.3 Å². The fourth-order valence-electron chi connectivity index (χ4n) is 3.37. The average molecular weight is 469 g/mol. The molecule has 0 atom stereocenters.